The van der Waals surface area contributed by atoms with Gasteiger partial charge in [0.05, 0.1) is 6.42 Å². The SMILES string of the molecule is CN(C)C(=O)Cc1ccc(N)c(CN)c1. The highest BCUT2D eigenvalue weighted by Gasteiger charge is 2.06. The molecule has 0 saturated carbocycles. The Morgan fingerprint density at radius 3 is 2.60 bits per heavy atom. The van der Waals surface area contributed by atoms with Crippen LogP contribution in [0.1, 0.15) is 11.1 Å². The number of nitrogen functional groups attached to an aromatic ring is 1. The van der Waals surface area contributed by atoms with E-state index in [9.17, 15) is 4.79 Å². The van der Waals surface area contributed by atoms with Crippen LogP contribution in [0.3, 0.4) is 0 Å². The quantitative estimate of drug-likeness (QED) is 0.703. The predicted octanol–water partition coefficient (Wildman–Crippen LogP) is 0.358. The lowest BCUT2D eigenvalue weighted by Crippen LogP contribution is -2.23. The van der Waals surface area contributed by atoms with Gasteiger partial charge in [-0.3, -0.25) is 4.79 Å². The maximum absolute atomic E-state index is 11.5. The molecule has 4 N–H and O–H groups in total. The van der Waals surface area contributed by atoms with Crippen molar-refractivity contribution in [2.45, 2.75) is 13.0 Å². The van der Waals surface area contributed by atoms with Crippen LogP contribution in [0.5, 0.6) is 0 Å². The molecule has 4 heteroatoms. The summed E-state index contributed by atoms with van der Waals surface area (Å²) in [5.41, 5.74) is 13.8. The third-order valence-corrected chi connectivity index (χ3v) is 2.28. The van der Waals surface area contributed by atoms with Crippen LogP contribution in [0.25, 0.3) is 0 Å². The number of likely N-dealkylation sites (N-methyl/N-ethyl adjacent to an activating group) is 1. The van der Waals surface area contributed by atoms with E-state index < -0.39 is 0 Å². The Balaban J connectivity index is 2.83. The lowest BCUT2D eigenvalue weighted by atomic mass is 10.1. The van der Waals surface area contributed by atoms with Crippen molar-refractivity contribution in [1.82, 2.24) is 4.90 Å². The summed E-state index contributed by atoms with van der Waals surface area (Å²) in [5.74, 6) is 0.0720. The third-order valence-electron chi connectivity index (χ3n) is 2.28. The molecule has 0 saturated heterocycles. The van der Waals surface area contributed by atoms with Gasteiger partial charge >= 0.3 is 0 Å². The molecule has 1 aromatic carbocycles. The minimum absolute atomic E-state index is 0.0720. The van der Waals surface area contributed by atoms with E-state index in [0.717, 1.165) is 11.1 Å². The van der Waals surface area contributed by atoms with Crippen LogP contribution in [0.2, 0.25) is 0 Å². The lowest BCUT2D eigenvalue weighted by Gasteiger charge is -2.11. The zero-order valence-electron chi connectivity index (χ0n) is 9.16. The number of hydrogen-bond acceptors (Lipinski definition) is 3. The number of nitrogens with zero attached hydrogens (tertiary/aromatic N) is 1. The van der Waals surface area contributed by atoms with Crippen LogP contribution >= 0.6 is 0 Å². The number of benzene rings is 1. The van der Waals surface area contributed by atoms with E-state index in [1.54, 1.807) is 25.1 Å². The van der Waals surface area contributed by atoms with E-state index in [1.165, 1.54) is 0 Å². The summed E-state index contributed by atoms with van der Waals surface area (Å²) in [5, 5.41) is 0. The van der Waals surface area contributed by atoms with Crippen LogP contribution in [-0.2, 0) is 17.8 Å². The molecule has 4 nitrogen and oxygen atoms in total. The highest BCUT2D eigenvalue weighted by atomic mass is 16.2. The second-order valence-corrected chi connectivity index (χ2v) is 3.70. The Morgan fingerprint density at radius 2 is 2.07 bits per heavy atom. The van der Waals surface area contributed by atoms with Crippen LogP contribution in [0.15, 0.2) is 18.2 Å². The van der Waals surface area contributed by atoms with Gasteiger partial charge in [-0.2, -0.15) is 0 Å². The topological polar surface area (TPSA) is 72.3 Å². The summed E-state index contributed by atoms with van der Waals surface area (Å²) in [6.45, 7) is 0.399. The normalized spacial score (nSPS) is 10.1. The van der Waals surface area contributed by atoms with Gasteiger partial charge in [-0.1, -0.05) is 12.1 Å². The Kier molecular flexibility index (Phi) is 3.68. The van der Waals surface area contributed by atoms with Crippen LogP contribution in [0, 0.1) is 0 Å². The van der Waals surface area contributed by atoms with Crippen LogP contribution < -0.4 is 11.5 Å². The van der Waals surface area contributed by atoms with E-state index in [2.05, 4.69) is 0 Å². The van der Waals surface area contributed by atoms with Crippen molar-refractivity contribution in [2.24, 2.45) is 5.73 Å². The Hall–Kier alpha value is -1.55. The Labute approximate surface area is 89.9 Å². The average Bonchev–Trinajstić information content (AvgIpc) is 2.20. The number of carbonyl (C=O) groups excluding carboxylic acids is 1. The van der Waals surface area contributed by atoms with Gasteiger partial charge in [-0.05, 0) is 17.2 Å². The first-order valence-corrected chi connectivity index (χ1v) is 4.82. The zero-order chi connectivity index (χ0) is 11.4. The highest BCUT2D eigenvalue weighted by molar-refractivity contribution is 5.78. The van der Waals surface area contributed by atoms with E-state index in [4.69, 9.17) is 11.5 Å². The summed E-state index contributed by atoms with van der Waals surface area (Å²) in [4.78, 5) is 13.0. The molecule has 15 heavy (non-hydrogen) atoms. The van der Waals surface area contributed by atoms with Gasteiger partial charge in [0.2, 0.25) is 5.91 Å². The van der Waals surface area contributed by atoms with E-state index in [-0.39, 0.29) is 5.91 Å². The van der Waals surface area contributed by atoms with Crippen LogP contribution in [-0.4, -0.2) is 24.9 Å². The maximum Gasteiger partial charge on any atom is 0.226 e. The molecule has 0 bridgehead atoms. The molecule has 1 amide bonds. The number of carbonyl (C=O) groups is 1. The molecular weight excluding hydrogens is 190 g/mol. The summed E-state index contributed by atoms with van der Waals surface area (Å²) in [7, 11) is 3.48. The van der Waals surface area contributed by atoms with Crippen molar-refractivity contribution in [1.29, 1.82) is 0 Å². The Morgan fingerprint density at radius 1 is 1.40 bits per heavy atom. The van der Waals surface area contributed by atoms with Gasteiger partial charge in [0, 0.05) is 26.3 Å². The number of anilines is 1. The van der Waals surface area contributed by atoms with E-state index in [0.29, 0.717) is 18.7 Å². The third kappa shape index (κ3) is 2.95. The van der Waals surface area contributed by atoms with Crippen molar-refractivity contribution in [3.8, 4) is 0 Å². The van der Waals surface area contributed by atoms with Crippen LogP contribution in [0.4, 0.5) is 5.69 Å². The van der Waals surface area contributed by atoms with Gasteiger partial charge in [0.1, 0.15) is 0 Å². The van der Waals surface area contributed by atoms with Crippen molar-refractivity contribution in [3.05, 3.63) is 29.3 Å². The number of nitrogens with two attached hydrogens (primary N) is 2. The fraction of sp³-hybridized carbons (Fsp3) is 0.364. The molecule has 0 aliphatic rings. The second-order valence-electron chi connectivity index (χ2n) is 3.70. The summed E-state index contributed by atoms with van der Waals surface area (Å²) in [6, 6.07) is 5.53. The molecule has 0 unspecified atom stereocenters. The number of rotatable bonds is 3. The number of hydrogen-bond donors (Lipinski definition) is 2. The van der Waals surface area contributed by atoms with Gasteiger partial charge in [-0.15, -0.1) is 0 Å². The highest BCUT2D eigenvalue weighted by Crippen LogP contribution is 2.14. The first-order chi connectivity index (χ1) is 7.04. The zero-order valence-corrected chi connectivity index (χ0v) is 9.16. The first kappa shape index (κ1) is 11.5. The molecule has 0 heterocycles. The number of amides is 1. The van der Waals surface area contributed by atoms with Crippen molar-refractivity contribution >= 4 is 11.6 Å². The fourth-order valence-electron chi connectivity index (χ4n) is 1.28. The molecule has 0 radical (unpaired) electrons. The molecule has 0 aliphatic heterocycles. The Bertz CT molecular complexity index is 361. The van der Waals surface area contributed by atoms with Gasteiger partial charge < -0.3 is 16.4 Å². The standard InChI is InChI=1S/C11H17N3O/c1-14(2)11(15)6-8-3-4-10(13)9(5-8)7-12/h3-5H,6-7,12-13H2,1-2H3. The maximum atomic E-state index is 11.5. The molecule has 0 atom stereocenters. The molecule has 1 aromatic rings. The summed E-state index contributed by atoms with van der Waals surface area (Å²) < 4.78 is 0. The minimum Gasteiger partial charge on any atom is -0.398 e. The predicted molar refractivity (Wildman–Crippen MR) is 61.1 cm³/mol. The second kappa shape index (κ2) is 4.79. The first-order valence-electron chi connectivity index (χ1n) is 4.82. The van der Waals surface area contributed by atoms with Gasteiger partial charge in [0.25, 0.3) is 0 Å². The fourth-order valence-corrected chi connectivity index (χ4v) is 1.28. The monoisotopic (exact) mass is 207 g/mol. The van der Waals surface area contributed by atoms with Crippen molar-refractivity contribution in [3.63, 3.8) is 0 Å². The van der Waals surface area contributed by atoms with E-state index in [1.807, 2.05) is 12.1 Å². The molecular formula is C11H17N3O. The van der Waals surface area contributed by atoms with Gasteiger partial charge in [0.15, 0.2) is 0 Å². The molecule has 82 valence electrons. The minimum atomic E-state index is 0.0720. The molecule has 0 spiro atoms. The van der Waals surface area contributed by atoms with Crippen molar-refractivity contribution in [2.75, 3.05) is 19.8 Å². The molecule has 0 aliphatic carbocycles. The molecule has 0 fully saturated rings. The molecule has 0 aromatic heterocycles. The average molecular weight is 207 g/mol. The summed E-state index contributed by atoms with van der Waals surface area (Å²) in [6.07, 6.45) is 0.389. The lowest BCUT2D eigenvalue weighted by molar-refractivity contribution is -0.127. The van der Waals surface area contributed by atoms with E-state index >= 15 is 0 Å². The smallest absolute Gasteiger partial charge is 0.226 e. The van der Waals surface area contributed by atoms with Crippen molar-refractivity contribution < 1.29 is 4.79 Å². The summed E-state index contributed by atoms with van der Waals surface area (Å²) >= 11 is 0. The van der Waals surface area contributed by atoms with Gasteiger partial charge in [-0.25, -0.2) is 0 Å². The largest absolute Gasteiger partial charge is 0.398 e. The molecule has 1 rings (SSSR count).